The van der Waals surface area contributed by atoms with Gasteiger partial charge >= 0.3 is 11.9 Å². The topological polar surface area (TPSA) is 90.0 Å². The van der Waals surface area contributed by atoms with Crippen LogP contribution in [0.5, 0.6) is 0 Å². The molecule has 0 spiro atoms. The van der Waals surface area contributed by atoms with E-state index >= 15 is 0 Å². The lowest BCUT2D eigenvalue weighted by Gasteiger charge is -2.13. The van der Waals surface area contributed by atoms with E-state index in [0.29, 0.717) is 12.1 Å². The van der Waals surface area contributed by atoms with E-state index in [-0.39, 0.29) is 16.2 Å². The van der Waals surface area contributed by atoms with Gasteiger partial charge in [0.1, 0.15) is 17.2 Å². The number of amides is 2. The Balaban J connectivity index is 1.88. The normalized spacial score (nSPS) is 12.8. The highest BCUT2D eigenvalue weighted by atomic mass is 19.1. The molecular formula is C17H9F2NO6. The minimum Gasteiger partial charge on any atom is -0.465 e. The van der Waals surface area contributed by atoms with Crippen LogP contribution in [0.4, 0.5) is 8.78 Å². The SMILES string of the molecule is COC(=O)c1cc(F)c(C(=O)ON2C(=O)c3ccccc3C2=O)cc1F. The number of benzene rings is 2. The number of rotatable bonds is 3. The smallest absolute Gasteiger partial charge is 0.367 e. The molecule has 1 heterocycles. The molecule has 2 aromatic carbocycles. The summed E-state index contributed by atoms with van der Waals surface area (Å²) in [5, 5.41) is 0.165. The van der Waals surface area contributed by atoms with E-state index in [2.05, 4.69) is 9.57 Å². The Morgan fingerprint density at radius 3 is 1.81 bits per heavy atom. The Morgan fingerprint density at radius 2 is 1.35 bits per heavy atom. The Hall–Kier alpha value is -3.62. The first-order valence-corrected chi connectivity index (χ1v) is 7.12. The van der Waals surface area contributed by atoms with Crippen molar-refractivity contribution in [2.75, 3.05) is 7.11 Å². The first-order chi connectivity index (χ1) is 12.3. The molecule has 9 heteroatoms. The summed E-state index contributed by atoms with van der Waals surface area (Å²) in [5.41, 5.74) is -1.59. The van der Waals surface area contributed by atoms with Crippen LogP contribution in [0.25, 0.3) is 0 Å². The molecule has 2 aromatic rings. The highest BCUT2D eigenvalue weighted by Crippen LogP contribution is 2.24. The Kier molecular flexibility index (Phi) is 4.21. The molecule has 3 rings (SSSR count). The number of fused-ring (bicyclic) bond motifs is 1. The molecule has 0 aliphatic carbocycles. The maximum Gasteiger partial charge on any atom is 0.367 e. The van der Waals surface area contributed by atoms with E-state index in [0.717, 1.165) is 7.11 Å². The Labute approximate surface area is 144 Å². The Morgan fingerprint density at radius 1 is 0.885 bits per heavy atom. The van der Waals surface area contributed by atoms with E-state index in [4.69, 9.17) is 0 Å². The number of carbonyl (C=O) groups excluding carboxylic acids is 4. The van der Waals surface area contributed by atoms with Crippen molar-refractivity contribution in [3.8, 4) is 0 Å². The molecule has 1 aliphatic rings. The summed E-state index contributed by atoms with van der Waals surface area (Å²) < 4.78 is 32.2. The average molecular weight is 361 g/mol. The van der Waals surface area contributed by atoms with Gasteiger partial charge in [0.15, 0.2) is 0 Å². The molecule has 0 saturated carbocycles. The van der Waals surface area contributed by atoms with Gasteiger partial charge in [-0.2, -0.15) is 0 Å². The fourth-order valence-corrected chi connectivity index (χ4v) is 2.35. The third-order valence-electron chi connectivity index (χ3n) is 3.61. The van der Waals surface area contributed by atoms with Crippen molar-refractivity contribution in [3.63, 3.8) is 0 Å². The number of imide groups is 1. The standard InChI is InChI=1S/C17H9F2NO6/c1-25-16(23)10-6-13(19)11(7-12(10)18)17(24)26-20-14(21)8-4-2-3-5-9(8)15(20)22/h2-7H,1H3. The predicted octanol–water partition coefficient (Wildman–Crippen LogP) is 2.12. The predicted molar refractivity (Wildman–Crippen MR) is 80.1 cm³/mol. The van der Waals surface area contributed by atoms with Crippen LogP contribution in [-0.4, -0.2) is 35.9 Å². The van der Waals surface area contributed by atoms with Gasteiger partial charge in [0, 0.05) is 0 Å². The van der Waals surface area contributed by atoms with Gasteiger partial charge in [-0.05, 0) is 24.3 Å². The summed E-state index contributed by atoms with van der Waals surface area (Å²) in [4.78, 5) is 52.2. The molecule has 132 valence electrons. The third-order valence-corrected chi connectivity index (χ3v) is 3.61. The van der Waals surface area contributed by atoms with Crippen LogP contribution in [0.1, 0.15) is 41.4 Å². The first kappa shape index (κ1) is 17.2. The van der Waals surface area contributed by atoms with E-state index in [1.54, 1.807) is 0 Å². The van der Waals surface area contributed by atoms with Crippen molar-refractivity contribution >= 4 is 23.8 Å². The van der Waals surface area contributed by atoms with Gasteiger partial charge in [-0.15, -0.1) is 0 Å². The highest BCUT2D eigenvalue weighted by Gasteiger charge is 2.39. The monoisotopic (exact) mass is 361 g/mol. The molecule has 0 aromatic heterocycles. The lowest BCUT2D eigenvalue weighted by Crippen LogP contribution is -2.33. The van der Waals surface area contributed by atoms with Crippen molar-refractivity contribution in [2.45, 2.75) is 0 Å². The van der Waals surface area contributed by atoms with E-state index in [1.165, 1.54) is 24.3 Å². The molecule has 7 nitrogen and oxygen atoms in total. The third kappa shape index (κ3) is 2.69. The number of halogens is 2. The molecule has 0 unspecified atom stereocenters. The van der Waals surface area contributed by atoms with Gasteiger partial charge in [-0.1, -0.05) is 17.2 Å². The molecule has 0 N–H and O–H groups in total. The fraction of sp³-hybridized carbons (Fsp3) is 0.0588. The molecule has 0 atom stereocenters. The molecule has 0 fully saturated rings. The molecule has 0 radical (unpaired) electrons. The van der Waals surface area contributed by atoms with E-state index < -0.39 is 46.5 Å². The number of hydroxylamine groups is 2. The van der Waals surface area contributed by atoms with E-state index in [9.17, 15) is 28.0 Å². The molecule has 0 bridgehead atoms. The molecule has 0 saturated heterocycles. The van der Waals surface area contributed by atoms with Crippen LogP contribution in [-0.2, 0) is 9.57 Å². The zero-order chi connectivity index (χ0) is 19.0. The van der Waals surface area contributed by atoms with Gasteiger partial charge in [0.2, 0.25) is 0 Å². The summed E-state index contributed by atoms with van der Waals surface area (Å²) in [6, 6.07) is 6.61. The van der Waals surface area contributed by atoms with Crippen LogP contribution in [0, 0.1) is 11.6 Å². The summed E-state index contributed by atoms with van der Waals surface area (Å²) in [6.45, 7) is 0. The lowest BCUT2D eigenvalue weighted by atomic mass is 10.1. The molecular weight excluding hydrogens is 352 g/mol. The average Bonchev–Trinajstić information content (AvgIpc) is 2.87. The summed E-state index contributed by atoms with van der Waals surface area (Å²) in [7, 11) is 0.976. The van der Waals surface area contributed by atoms with Crippen LogP contribution >= 0.6 is 0 Å². The van der Waals surface area contributed by atoms with Crippen molar-refractivity contribution in [2.24, 2.45) is 0 Å². The molecule has 1 aliphatic heterocycles. The van der Waals surface area contributed by atoms with Gasteiger partial charge < -0.3 is 9.57 Å². The first-order valence-electron chi connectivity index (χ1n) is 7.12. The molecule has 26 heavy (non-hydrogen) atoms. The van der Waals surface area contributed by atoms with Gasteiger partial charge in [-0.25, -0.2) is 18.4 Å². The lowest BCUT2D eigenvalue weighted by molar-refractivity contribution is -0.0587. The van der Waals surface area contributed by atoms with Crippen molar-refractivity contribution < 1.29 is 37.5 Å². The minimum absolute atomic E-state index is 0.0120. The van der Waals surface area contributed by atoms with Crippen LogP contribution in [0.15, 0.2) is 36.4 Å². The van der Waals surface area contributed by atoms with Gasteiger partial charge in [-0.3, -0.25) is 9.59 Å². The van der Waals surface area contributed by atoms with Crippen molar-refractivity contribution in [3.05, 3.63) is 70.3 Å². The van der Waals surface area contributed by atoms with Crippen molar-refractivity contribution in [1.82, 2.24) is 5.06 Å². The number of hydrogen-bond acceptors (Lipinski definition) is 6. The molecule has 2 amide bonds. The van der Waals surface area contributed by atoms with Crippen LogP contribution < -0.4 is 0 Å². The van der Waals surface area contributed by atoms with Gasteiger partial charge in [0.25, 0.3) is 11.8 Å². The number of nitrogens with zero attached hydrogens (tertiary/aromatic N) is 1. The number of hydrogen-bond donors (Lipinski definition) is 0. The number of esters is 1. The zero-order valence-corrected chi connectivity index (χ0v) is 13.1. The summed E-state index contributed by atoms with van der Waals surface area (Å²) >= 11 is 0. The maximum absolute atomic E-state index is 14.0. The van der Waals surface area contributed by atoms with Crippen molar-refractivity contribution in [1.29, 1.82) is 0 Å². The van der Waals surface area contributed by atoms with Crippen LogP contribution in [0.3, 0.4) is 0 Å². The fourth-order valence-electron chi connectivity index (χ4n) is 2.35. The second kappa shape index (κ2) is 6.36. The largest absolute Gasteiger partial charge is 0.465 e. The maximum atomic E-state index is 14.0. The van der Waals surface area contributed by atoms with E-state index in [1.807, 2.05) is 0 Å². The zero-order valence-electron chi connectivity index (χ0n) is 13.1. The number of methoxy groups -OCH3 is 1. The quantitative estimate of drug-likeness (QED) is 0.614. The minimum atomic E-state index is -1.48. The highest BCUT2D eigenvalue weighted by molar-refractivity contribution is 6.21. The Bertz CT molecular complexity index is 937. The van der Waals surface area contributed by atoms with Crippen LogP contribution in [0.2, 0.25) is 0 Å². The summed E-state index contributed by atoms with van der Waals surface area (Å²) in [5.74, 6) is -6.95. The number of carbonyl (C=O) groups is 4. The number of ether oxygens (including phenoxy) is 1. The summed E-state index contributed by atoms with van der Waals surface area (Å²) in [6.07, 6.45) is 0. The second-order valence-corrected chi connectivity index (χ2v) is 5.13. The van der Waals surface area contributed by atoms with Gasteiger partial charge in [0.05, 0.1) is 23.8 Å². The second-order valence-electron chi connectivity index (χ2n) is 5.13.